The Morgan fingerprint density at radius 2 is 1.21 bits per heavy atom. The second-order valence-electron chi connectivity index (χ2n) is 10.7. The third kappa shape index (κ3) is 7.26. The Morgan fingerprint density at radius 1 is 0.676 bits per heavy atom. The number of terminal acetylenes is 1. The molecule has 0 saturated heterocycles. The molecule has 0 atom stereocenters. The smallest absolute Gasteiger partial charge is 0.127 e. The summed E-state index contributed by atoms with van der Waals surface area (Å²) in [6.07, 6.45) is 20.6. The maximum Gasteiger partial charge on any atom is 0.129 e. The molecule has 0 heterocycles. The van der Waals surface area contributed by atoms with Gasteiger partial charge in [-0.1, -0.05) is 120 Å². The molecule has 3 aromatic rings. The first-order chi connectivity index (χ1) is 16.4. The van der Waals surface area contributed by atoms with Gasteiger partial charge in [0.05, 0.1) is 0 Å². The highest BCUT2D eigenvalue weighted by molar-refractivity contribution is 6.83. The lowest BCUT2D eigenvalue weighted by Crippen LogP contribution is -2.16. The lowest BCUT2D eigenvalue weighted by molar-refractivity contribution is 0.557. The maximum atomic E-state index is 5.90. The van der Waals surface area contributed by atoms with Gasteiger partial charge in [0.2, 0.25) is 0 Å². The molecule has 0 aliphatic carbocycles. The highest BCUT2D eigenvalue weighted by Gasteiger charge is 2.13. The van der Waals surface area contributed by atoms with Gasteiger partial charge in [0, 0.05) is 11.1 Å². The molecule has 0 saturated carbocycles. The number of unbranched alkanes of at least 4 members (excludes halogenated alkanes) is 9. The summed E-state index contributed by atoms with van der Waals surface area (Å²) in [7, 11) is -1.45. The van der Waals surface area contributed by atoms with Crippen LogP contribution < -0.4 is 0 Å². The summed E-state index contributed by atoms with van der Waals surface area (Å²) in [6.45, 7) is 9.18. The van der Waals surface area contributed by atoms with Crippen LogP contribution >= 0.6 is 0 Å². The van der Waals surface area contributed by atoms with Crippen molar-refractivity contribution >= 4 is 29.6 Å². The summed E-state index contributed by atoms with van der Waals surface area (Å²) < 4.78 is 0. The average Bonchev–Trinajstić information content (AvgIpc) is 2.82. The Balaban J connectivity index is 1.82. The van der Waals surface area contributed by atoms with Crippen LogP contribution in [0.3, 0.4) is 0 Å². The minimum absolute atomic E-state index is 0.983. The third-order valence-electron chi connectivity index (χ3n) is 6.66. The van der Waals surface area contributed by atoms with Crippen molar-refractivity contribution in [3.05, 3.63) is 59.2 Å². The molecule has 3 rings (SSSR count). The highest BCUT2D eigenvalue weighted by atomic mass is 28.3. The molecule has 0 nitrogen and oxygen atoms in total. The Labute approximate surface area is 209 Å². The first-order valence-corrected chi connectivity index (χ1v) is 16.9. The molecule has 178 valence electrons. The number of benzene rings is 3. The lowest BCUT2D eigenvalue weighted by Gasteiger charge is -2.14. The number of hydrogen-bond donors (Lipinski definition) is 0. The Hall–Kier alpha value is -2.48. The van der Waals surface area contributed by atoms with E-state index in [9.17, 15) is 0 Å². The quantitative estimate of drug-likeness (QED) is 0.114. The molecular weight excluding hydrogens is 424 g/mol. The van der Waals surface area contributed by atoms with Crippen molar-refractivity contribution in [1.29, 1.82) is 0 Å². The molecule has 0 radical (unpaired) electrons. The molecule has 0 amide bonds. The van der Waals surface area contributed by atoms with Crippen molar-refractivity contribution in [3.63, 3.8) is 0 Å². The van der Waals surface area contributed by atoms with Crippen LogP contribution in [0.5, 0.6) is 0 Å². The van der Waals surface area contributed by atoms with E-state index in [-0.39, 0.29) is 0 Å². The van der Waals surface area contributed by atoms with Gasteiger partial charge in [-0.15, -0.1) is 12.0 Å². The molecule has 0 spiro atoms. The fraction of sp³-hybridized carbons (Fsp3) is 0.455. The summed E-state index contributed by atoms with van der Waals surface area (Å²) in [6, 6.07) is 15.3. The van der Waals surface area contributed by atoms with E-state index in [2.05, 4.69) is 86.4 Å². The van der Waals surface area contributed by atoms with Gasteiger partial charge < -0.3 is 0 Å². The Morgan fingerprint density at radius 3 is 1.76 bits per heavy atom. The largest absolute Gasteiger partial charge is 0.129 e. The van der Waals surface area contributed by atoms with Gasteiger partial charge in [0.15, 0.2) is 0 Å². The fourth-order valence-electron chi connectivity index (χ4n) is 4.81. The zero-order valence-corrected chi connectivity index (χ0v) is 22.9. The number of fused-ring (bicyclic) bond motifs is 2. The molecule has 0 fully saturated rings. The normalized spacial score (nSPS) is 11.4. The van der Waals surface area contributed by atoms with Gasteiger partial charge in [0.1, 0.15) is 8.07 Å². The van der Waals surface area contributed by atoms with Crippen molar-refractivity contribution in [2.45, 2.75) is 97.2 Å². The van der Waals surface area contributed by atoms with Crippen molar-refractivity contribution in [3.8, 4) is 23.8 Å². The van der Waals surface area contributed by atoms with E-state index in [1.807, 2.05) is 0 Å². The molecular formula is C33H42Si. The van der Waals surface area contributed by atoms with Crippen molar-refractivity contribution < 1.29 is 0 Å². The molecule has 3 aromatic carbocycles. The SMILES string of the molecule is C#Cc1cccc2c(CCCCCCCCCCCC)c3cccc(C#C[Si](C)(C)C)c3cc12. The first-order valence-electron chi connectivity index (χ1n) is 13.4. The lowest BCUT2D eigenvalue weighted by atomic mass is 9.89. The molecule has 0 bridgehead atoms. The average molecular weight is 467 g/mol. The molecule has 0 aliphatic heterocycles. The van der Waals surface area contributed by atoms with Crippen LogP contribution in [-0.4, -0.2) is 8.07 Å². The van der Waals surface area contributed by atoms with E-state index in [1.165, 1.54) is 91.3 Å². The van der Waals surface area contributed by atoms with Crippen LogP contribution in [0.2, 0.25) is 19.6 Å². The minimum Gasteiger partial charge on any atom is -0.127 e. The second-order valence-corrected chi connectivity index (χ2v) is 15.5. The van der Waals surface area contributed by atoms with Crippen molar-refractivity contribution in [2.75, 3.05) is 0 Å². The highest BCUT2D eigenvalue weighted by Crippen LogP contribution is 2.33. The van der Waals surface area contributed by atoms with E-state index < -0.39 is 8.07 Å². The molecule has 1 heteroatoms. The summed E-state index contributed by atoms with van der Waals surface area (Å²) in [5.74, 6) is 6.44. The molecule has 0 aliphatic rings. The molecule has 0 unspecified atom stereocenters. The van der Waals surface area contributed by atoms with Gasteiger partial charge >= 0.3 is 0 Å². The van der Waals surface area contributed by atoms with E-state index in [4.69, 9.17) is 6.42 Å². The zero-order valence-electron chi connectivity index (χ0n) is 21.9. The van der Waals surface area contributed by atoms with E-state index >= 15 is 0 Å². The number of rotatable bonds is 11. The van der Waals surface area contributed by atoms with Crippen LogP contribution in [0.1, 0.15) is 87.8 Å². The van der Waals surface area contributed by atoms with Crippen LogP contribution in [0, 0.1) is 23.8 Å². The fourth-order valence-corrected chi connectivity index (χ4v) is 5.32. The Bertz CT molecular complexity index is 1190. The molecule has 0 N–H and O–H groups in total. The monoisotopic (exact) mass is 466 g/mol. The van der Waals surface area contributed by atoms with Crippen LogP contribution in [0.15, 0.2) is 42.5 Å². The summed E-state index contributed by atoms with van der Waals surface area (Å²) in [5.41, 5.74) is 7.13. The molecule has 0 aromatic heterocycles. The second kappa shape index (κ2) is 12.8. The Kier molecular flexibility index (Phi) is 9.86. The zero-order chi connectivity index (χ0) is 24.4. The van der Waals surface area contributed by atoms with Gasteiger partial charge in [-0.25, -0.2) is 0 Å². The van der Waals surface area contributed by atoms with Gasteiger partial charge in [-0.3, -0.25) is 0 Å². The van der Waals surface area contributed by atoms with Crippen LogP contribution in [-0.2, 0) is 6.42 Å². The first kappa shape index (κ1) is 26.1. The van der Waals surface area contributed by atoms with E-state index in [0.29, 0.717) is 0 Å². The van der Waals surface area contributed by atoms with Gasteiger partial charge in [-0.05, 0) is 58.1 Å². The van der Waals surface area contributed by atoms with Gasteiger partial charge in [-0.2, -0.15) is 0 Å². The topological polar surface area (TPSA) is 0 Å². The summed E-state index contributed by atoms with van der Waals surface area (Å²) >= 11 is 0. The van der Waals surface area contributed by atoms with E-state index in [1.54, 1.807) is 0 Å². The number of aryl methyl sites for hydroxylation is 1. The molecule has 34 heavy (non-hydrogen) atoms. The standard InChI is InChI=1S/C33H42Si/c1-6-8-9-10-11-12-13-14-15-16-21-29-30-22-17-19-27(7-2)32(30)26-33-28(20-18-23-31(29)33)24-25-34(3,4)5/h2,17-20,22-23,26H,6,8-16,21H2,1,3-5H3. The summed E-state index contributed by atoms with van der Waals surface area (Å²) in [5, 5.41) is 5.11. The van der Waals surface area contributed by atoms with Crippen LogP contribution in [0.25, 0.3) is 21.5 Å². The van der Waals surface area contributed by atoms with E-state index in [0.717, 1.165) is 17.5 Å². The summed E-state index contributed by atoms with van der Waals surface area (Å²) in [4.78, 5) is 0. The van der Waals surface area contributed by atoms with Gasteiger partial charge in [0.25, 0.3) is 0 Å². The predicted octanol–water partition coefficient (Wildman–Crippen LogP) is 9.67. The van der Waals surface area contributed by atoms with Crippen molar-refractivity contribution in [2.24, 2.45) is 0 Å². The predicted molar refractivity (Wildman–Crippen MR) is 155 cm³/mol. The number of hydrogen-bond acceptors (Lipinski definition) is 0. The van der Waals surface area contributed by atoms with Crippen LogP contribution in [0.4, 0.5) is 0 Å². The maximum absolute atomic E-state index is 5.90. The third-order valence-corrected chi connectivity index (χ3v) is 7.53. The van der Waals surface area contributed by atoms with Crippen molar-refractivity contribution in [1.82, 2.24) is 0 Å². The minimum atomic E-state index is -1.45.